The minimum Gasteiger partial charge on any atom is -0.373 e. The van der Waals surface area contributed by atoms with Crippen LogP contribution >= 0.6 is 0 Å². The lowest BCUT2D eigenvalue weighted by atomic mass is 9.95. The van der Waals surface area contributed by atoms with Crippen molar-refractivity contribution in [1.29, 1.82) is 0 Å². The van der Waals surface area contributed by atoms with Crippen molar-refractivity contribution in [3.05, 3.63) is 41.7 Å². The highest BCUT2D eigenvalue weighted by Crippen LogP contribution is 2.27. The van der Waals surface area contributed by atoms with Gasteiger partial charge in [-0.1, -0.05) is 20.8 Å². The van der Waals surface area contributed by atoms with Gasteiger partial charge in [0.25, 0.3) is 0 Å². The number of benzene rings is 1. The molecule has 3 nitrogen and oxygen atoms in total. The van der Waals surface area contributed by atoms with E-state index in [1.54, 1.807) is 13.1 Å². The molecule has 0 atom stereocenters. The highest BCUT2D eigenvalue weighted by atomic mass is 19.1. The molecular weight excluding hydrogens is 260 g/mol. The van der Waals surface area contributed by atoms with Gasteiger partial charge < -0.3 is 5.32 Å². The molecule has 0 aliphatic rings. The molecule has 0 amide bonds. The van der Waals surface area contributed by atoms with Gasteiger partial charge in [-0.2, -0.15) is 0 Å². The van der Waals surface area contributed by atoms with Crippen molar-refractivity contribution in [3.8, 4) is 11.3 Å². The minimum absolute atomic E-state index is 0.134. The van der Waals surface area contributed by atoms with E-state index in [1.807, 2.05) is 20.8 Å². The molecule has 0 bridgehead atoms. The van der Waals surface area contributed by atoms with Crippen molar-refractivity contribution >= 4 is 5.82 Å². The number of rotatable bonds is 2. The van der Waals surface area contributed by atoms with Crippen LogP contribution in [-0.2, 0) is 5.41 Å². The van der Waals surface area contributed by atoms with E-state index in [0.717, 1.165) is 18.2 Å². The van der Waals surface area contributed by atoms with Gasteiger partial charge in [-0.3, -0.25) is 0 Å². The Kier molecular flexibility index (Phi) is 3.70. The fraction of sp³-hybridized carbons (Fsp3) is 0.333. The smallest absolute Gasteiger partial charge is 0.136 e. The van der Waals surface area contributed by atoms with Gasteiger partial charge in [-0.05, 0) is 18.2 Å². The summed E-state index contributed by atoms with van der Waals surface area (Å²) >= 11 is 0. The maximum absolute atomic E-state index is 13.9. The molecule has 0 aliphatic carbocycles. The largest absolute Gasteiger partial charge is 0.373 e. The number of aromatic nitrogens is 2. The Morgan fingerprint density at radius 2 is 1.75 bits per heavy atom. The van der Waals surface area contributed by atoms with E-state index in [-0.39, 0.29) is 11.0 Å². The molecule has 20 heavy (non-hydrogen) atoms. The fourth-order valence-electron chi connectivity index (χ4n) is 1.74. The summed E-state index contributed by atoms with van der Waals surface area (Å²) in [5, 5.41) is 2.92. The number of halogens is 2. The third-order valence-electron chi connectivity index (χ3n) is 2.86. The van der Waals surface area contributed by atoms with E-state index in [4.69, 9.17) is 0 Å². The maximum Gasteiger partial charge on any atom is 0.136 e. The van der Waals surface area contributed by atoms with Gasteiger partial charge in [0.1, 0.15) is 23.3 Å². The number of hydrogen-bond acceptors (Lipinski definition) is 3. The van der Waals surface area contributed by atoms with E-state index in [9.17, 15) is 8.78 Å². The zero-order valence-electron chi connectivity index (χ0n) is 12.0. The molecule has 106 valence electrons. The first kappa shape index (κ1) is 14.4. The number of nitrogens with one attached hydrogen (secondary N) is 1. The topological polar surface area (TPSA) is 37.8 Å². The summed E-state index contributed by atoms with van der Waals surface area (Å²) in [4.78, 5) is 8.73. The van der Waals surface area contributed by atoms with Gasteiger partial charge >= 0.3 is 0 Å². The predicted octanol–water partition coefficient (Wildman–Crippen LogP) is 3.76. The average Bonchev–Trinajstić information content (AvgIpc) is 2.40. The lowest BCUT2D eigenvalue weighted by Crippen LogP contribution is -2.17. The van der Waals surface area contributed by atoms with Gasteiger partial charge in [-0.15, -0.1) is 0 Å². The molecule has 0 saturated carbocycles. The molecule has 2 rings (SSSR count). The van der Waals surface area contributed by atoms with Crippen LogP contribution in [0.3, 0.4) is 0 Å². The Bertz CT molecular complexity index is 634. The van der Waals surface area contributed by atoms with Crippen LogP contribution < -0.4 is 5.32 Å². The Hall–Kier alpha value is -2.04. The number of anilines is 1. The molecule has 0 unspecified atom stereocenters. The van der Waals surface area contributed by atoms with Crippen molar-refractivity contribution in [3.63, 3.8) is 0 Å². The molecular formula is C15H17F2N3. The first-order valence-corrected chi connectivity index (χ1v) is 6.34. The van der Waals surface area contributed by atoms with Crippen molar-refractivity contribution in [2.75, 3.05) is 12.4 Å². The summed E-state index contributed by atoms with van der Waals surface area (Å²) in [5.74, 6) is 0.141. The minimum atomic E-state index is -0.507. The zero-order valence-corrected chi connectivity index (χ0v) is 12.0. The molecule has 0 aliphatic heterocycles. The van der Waals surface area contributed by atoms with Gasteiger partial charge in [0.15, 0.2) is 0 Å². The Labute approximate surface area is 117 Å². The molecule has 1 N–H and O–H groups in total. The van der Waals surface area contributed by atoms with Crippen molar-refractivity contribution < 1.29 is 8.78 Å². The number of hydrogen-bond donors (Lipinski definition) is 1. The second-order valence-corrected chi connectivity index (χ2v) is 5.59. The quantitative estimate of drug-likeness (QED) is 0.908. The zero-order chi connectivity index (χ0) is 14.9. The maximum atomic E-state index is 13.9. The molecule has 1 aromatic heterocycles. The number of nitrogens with zero attached hydrogens (tertiary/aromatic N) is 2. The van der Waals surface area contributed by atoms with Crippen molar-refractivity contribution in [1.82, 2.24) is 9.97 Å². The summed E-state index contributed by atoms with van der Waals surface area (Å²) in [6.07, 6.45) is 0. The second kappa shape index (κ2) is 5.15. The Balaban J connectivity index is 2.64. The molecule has 0 spiro atoms. The molecule has 5 heteroatoms. The van der Waals surface area contributed by atoms with E-state index < -0.39 is 11.6 Å². The van der Waals surface area contributed by atoms with Gasteiger partial charge in [0, 0.05) is 24.1 Å². The van der Waals surface area contributed by atoms with Gasteiger partial charge in [0.2, 0.25) is 0 Å². The molecule has 1 heterocycles. The van der Waals surface area contributed by atoms with E-state index in [0.29, 0.717) is 17.3 Å². The third-order valence-corrected chi connectivity index (χ3v) is 2.86. The predicted molar refractivity (Wildman–Crippen MR) is 75.6 cm³/mol. The molecule has 1 aromatic carbocycles. The second-order valence-electron chi connectivity index (χ2n) is 5.59. The normalized spacial score (nSPS) is 11.5. The van der Waals surface area contributed by atoms with Gasteiger partial charge in [0.05, 0.1) is 5.69 Å². The SMILES string of the molecule is CNc1cc(-c2cc(F)ccc2F)nc(C(C)(C)C)n1. The lowest BCUT2D eigenvalue weighted by molar-refractivity contribution is 0.546. The summed E-state index contributed by atoms with van der Waals surface area (Å²) in [7, 11) is 1.72. The third kappa shape index (κ3) is 2.92. The van der Waals surface area contributed by atoms with Crippen LogP contribution in [0, 0.1) is 11.6 Å². The molecule has 0 saturated heterocycles. The first-order valence-electron chi connectivity index (χ1n) is 6.34. The van der Waals surface area contributed by atoms with Crippen LogP contribution in [-0.4, -0.2) is 17.0 Å². The highest BCUT2D eigenvalue weighted by molar-refractivity contribution is 5.63. The van der Waals surface area contributed by atoms with Crippen LogP contribution in [0.4, 0.5) is 14.6 Å². The van der Waals surface area contributed by atoms with Gasteiger partial charge in [-0.25, -0.2) is 18.7 Å². The first-order chi connectivity index (χ1) is 9.31. The van der Waals surface area contributed by atoms with Crippen molar-refractivity contribution in [2.24, 2.45) is 0 Å². The average molecular weight is 277 g/mol. The Morgan fingerprint density at radius 3 is 2.35 bits per heavy atom. The van der Waals surface area contributed by atoms with E-state index >= 15 is 0 Å². The van der Waals surface area contributed by atoms with Crippen LogP contribution in [0.2, 0.25) is 0 Å². The van der Waals surface area contributed by atoms with E-state index in [1.165, 1.54) is 0 Å². The highest BCUT2D eigenvalue weighted by Gasteiger charge is 2.20. The van der Waals surface area contributed by atoms with Crippen LogP contribution in [0.15, 0.2) is 24.3 Å². The van der Waals surface area contributed by atoms with E-state index in [2.05, 4.69) is 15.3 Å². The molecule has 0 fully saturated rings. The van der Waals surface area contributed by atoms with Crippen molar-refractivity contribution in [2.45, 2.75) is 26.2 Å². The fourth-order valence-corrected chi connectivity index (χ4v) is 1.74. The standard InChI is InChI=1S/C15H17F2N3/c1-15(2,3)14-19-12(8-13(18-4)20-14)10-7-9(16)5-6-11(10)17/h5-8H,1-4H3,(H,18,19,20). The molecule has 0 radical (unpaired) electrons. The summed E-state index contributed by atoms with van der Waals surface area (Å²) < 4.78 is 27.2. The summed E-state index contributed by atoms with van der Waals surface area (Å²) in [5.41, 5.74) is 0.214. The monoisotopic (exact) mass is 277 g/mol. The molecule has 2 aromatic rings. The summed E-state index contributed by atoms with van der Waals surface area (Å²) in [6.45, 7) is 5.90. The summed E-state index contributed by atoms with van der Waals surface area (Å²) in [6, 6.07) is 4.93. The van der Waals surface area contributed by atoms with Crippen LogP contribution in [0.25, 0.3) is 11.3 Å². The van der Waals surface area contributed by atoms with Crippen LogP contribution in [0.1, 0.15) is 26.6 Å². The van der Waals surface area contributed by atoms with Crippen LogP contribution in [0.5, 0.6) is 0 Å². The lowest BCUT2D eigenvalue weighted by Gasteiger charge is -2.18. The Morgan fingerprint density at radius 1 is 1.05 bits per heavy atom.